The molecule has 0 heterocycles. The van der Waals surface area contributed by atoms with E-state index in [0.29, 0.717) is 0 Å². The third kappa shape index (κ3) is 3.64. The van der Waals surface area contributed by atoms with Crippen molar-refractivity contribution in [3.05, 3.63) is 35.9 Å². The standard InChI is InChI=1S/C10H13AsO2/c11-9(10(12)13)7-6-8-4-2-1-3-5-8/h1-5,9H,6-7,11H2,(H,12,13). The maximum atomic E-state index is 10.5. The van der Waals surface area contributed by atoms with Crippen LogP contribution in [0.25, 0.3) is 0 Å². The fraction of sp³-hybridized carbons (Fsp3) is 0.300. The molecule has 3 heteroatoms. The SMILES string of the molecule is O=C(O)C([AsH2])CCc1ccccc1. The minimum absolute atomic E-state index is 0.187. The summed E-state index contributed by atoms with van der Waals surface area (Å²) in [5.41, 5.74) is 1.21. The first-order valence-electron chi connectivity index (χ1n) is 4.22. The maximum absolute atomic E-state index is 10.5. The van der Waals surface area contributed by atoms with Gasteiger partial charge in [0.15, 0.2) is 0 Å². The van der Waals surface area contributed by atoms with Crippen LogP contribution in [0.1, 0.15) is 12.0 Å². The van der Waals surface area contributed by atoms with Gasteiger partial charge in [-0.05, 0) is 0 Å². The molecule has 0 radical (unpaired) electrons. The van der Waals surface area contributed by atoms with Crippen molar-refractivity contribution >= 4 is 22.8 Å². The van der Waals surface area contributed by atoms with Crippen LogP contribution in [-0.4, -0.2) is 27.9 Å². The molecule has 0 spiro atoms. The molecule has 0 saturated heterocycles. The van der Waals surface area contributed by atoms with Gasteiger partial charge in [-0.25, -0.2) is 0 Å². The van der Waals surface area contributed by atoms with E-state index in [1.54, 1.807) is 0 Å². The first-order chi connectivity index (χ1) is 6.20. The van der Waals surface area contributed by atoms with Gasteiger partial charge in [0, 0.05) is 0 Å². The summed E-state index contributed by atoms with van der Waals surface area (Å²) in [6.07, 6.45) is 1.59. The van der Waals surface area contributed by atoms with E-state index >= 15 is 0 Å². The Balaban J connectivity index is 2.39. The summed E-state index contributed by atoms with van der Waals surface area (Å²) in [5.74, 6) is -0.684. The van der Waals surface area contributed by atoms with Gasteiger partial charge in [0.2, 0.25) is 0 Å². The van der Waals surface area contributed by atoms with Crippen molar-refractivity contribution in [2.24, 2.45) is 0 Å². The Morgan fingerprint density at radius 2 is 2.00 bits per heavy atom. The van der Waals surface area contributed by atoms with Crippen LogP contribution in [0.5, 0.6) is 0 Å². The van der Waals surface area contributed by atoms with Gasteiger partial charge < -0.3 is 0 Å². The Morgan fingerprint density at radius 3 is 2.54 bits per heavy atom. The van der Waals surface area contributed by atoms with E-state index in [1.807, 2.05) is 30.3 Å². The first-order valence-corrected chi connectivity index (χ1v) is 5.62. The Bertz CT molecular complexity index is 272. The van der Waals surface area contributed by atoms with Gasteiger partial charge in [0.25, 0.3) is 0 Å². The molecule has 0 aromatic heterocycles. The fourth-order valence-electron chi connectivity index (χ4n) is 1.09. The van der Waals surface area contributed by atoms with Crippen molar-refractivity contribution in [3.63, 3.8) is 0 Å². The zero-order chi connectivity index (χ0) is 9.68. The molecule has 1 N–H and O–H groups in total. The molecule has 0 bridgehead atoms. The van der Waals surface area contributed by atoms with E-state index in [-0.39, 0.29) is 4.71 Å². The van der Waals surface area contributed by atoms with Crippen molar-refractivity contribution < 1.29 is 9.90 Å². The molecule has 13 heavy (non-hydrogen) atoms. The zero-order valence-corrected chi connectivity index (χ0v) is 9.73. The number of hydrogen-bond acceptors (Lipinski definition) is 1. The van der Waals surface area contributed by atoms with Crippen molar-refractivity contribution in [3.8, 4) is 0 Å². The number of carbonyl (C=O) groups is 1. The Labute approximate surface area is 86.5 Å². The van der Waals surface area contributed by atoms with Gasteiger partial charge in [-0.1, -0.05) is 0 Å². The number of rotatable bonds is 4. The summed E-state index contributed by atoms with van der Waals surface area (Å²) in [4.78, 5) is 10.5. The van der Waals surface area contributed by atoms with E-state index in [2.05, 4.69) is 0 Å². The topological polar surface area (TPSA) is 37.3 Å². The average Bonchev–Trinajstić information content (AvgIpc) is 2.15. The second-order valence-corrected chi connectivity index (χ2v) is 4.66. The van der Waals surface area contributed by atoms with Crippen LogP contribution in [-0.2, 0) is 11.2 Å². The van der Waals surface area contributed by atoms with Crippen molar-refractivity contribution in [1.29, 1.82) is 0 Å². The van der Waals surface area contributed by atoms with E-state index in [9.17, 15) is 4.79 Å². The van der Waals surface area contributed by atoms with Crippen LogP contribution in [0.3, 0.4) is 0 Å². The predicted molar refractivity (Wildman–Crippen MR) is 54.7 cm³/mol. The van der Waals surface area contributed by atoms with E-state index in [4.69, 9.17) is 5.11 Å². The third-order valence-electron chi connectivity index (χ3n) is 1.90. The Hall–Kier alpha value is -0.752. The summed E-state index contributed by atoms with van der Waals surface area (Å²) in [5, 5.41) is 8.68. The molecule has 70 valence electrons. The molecule has 2 unspecified atom stereocenters. The second-order valence-electron chi connectivity index (χ2n) is 2.97. The number of benzene rings is 1. The molecule has 1 aromatic rings. The summed E-state index contributed by atoms with van der Waals surface area (Å²) in [6, 6.07) is 9.98. The third-order valence-corrected chi connectivity index (χ3v) is 3.20. The van der Waals surface area contributed by atoms with Gasteiger partial charge in [-0.15, -0.1) is 0 Å². The fourth-order valence-corrected chi connectivity index (χ4v) is 1.44. The van der Waals surface area contributed by atoms with E-state index < -0.39 is 5.97 Å². The number of carboxylic acid groups (broad SMARTS) is 1. The quantitative estimate of drug-likeness (QED) is 0.801. The molecular formula is C10H13AsO2. The van der Waals surface area contributed by atoms with E-state index in [1.165, 1.54) is 22.4 Å². The van der Waals surface area contributed by atoms with Crippen LogP contribution in [0.4, 0.5) is 0 Å². The molecular weight excluding hydrogens is 227 g/mol. The van der Waals surface area contributed by atoms with Crippen LogP contribution in [0, 0.1) is 0 Å². The molecule has 2 atom stereocenters. The number of aliphatic carboxylic acids is 1. The molecule has 1 rings (SSSR count). The molecule has 0 amide bonds. The summed E-state index contributed by atoms with van der Waals surface area (Å²) in [6.45, 7) is 0. The molecule has 2 nitrogen and oxygen atoms in total. The van der Waals surface area contributed by atoms with Gasteiger partial charge in [-0.3, -0.25) is 0 Å². The van der Waals surface area contributed by atoms with E-state index in [0.717, 1.165) is 12.8 Å². The minimum atomic E-state index is -0.684. The van der Waals surface area contributed by atoms with Crippen LogP contribution < -0.4 is 0 Å². The zero-order valence-electron chi connectivity index (χ0n) is 7.31. The molecule has 0 fully saturated rings. The van der Waals surface area contributed by atoms with Gasteiger partial charge in [0.05, 0.1) is 0 Å². The van der Waals surface area contributed by atoms with Crippen molar-refractivity contribution in [2.75, 3.05) is 0 Å². The molecule has 0 aliphatic rings. The molecule has 0 saturated carbocycles. The Morgan fingerprint density at radius 1 is 1.38 bits per heavy atom. The van der Waals surface area contributed by atoms with Gasteiger partial charge in [-0.2, -0.15) is 0 Å². The summed E-state index contributed by atoms with van der Waals surface area (Å²) >= 11 is 1.29. The summed E-state index contributed by atoms with van der Waals surface area (Å²) < 4.78 is -0.187. The van der Waals surface area contributed by atoms with Crippen molar-refractivity contribution in [1.82, 2.24) is 0 Å². The van der Waals surface area contributed by atoms with Gasteiger partial charge in [0.1, 0.15) is 0 Å². The summed E-state index contributed by atoms with van der Waals surface area (Å²) in [7, 11) is 0. The van der Waals surface area contributed by atoms with Crippen LogP contribution >= 0.6 is 0 Å². The molecule has 0 aliphatic heterocycles. The predicted octanol–water partition coefficient (Wildman–Crippen LogP) is 1.13. The van der Waals surface area contributed by atoms with Crippen LogP contribution in [0.15, 0.2) is 30.3 Å². The molecule has 1 aromatic carbocycles. The molecule has 0 aliphatic carbocycles. The number of aryl methyl sites for hydroxylation is 1. The number of carboxylic acids is 1. The van der Waals surface area contributed by atoms with Gasteiger partial charge >= 0.3 is 86.2 Å². The monoisotopic (exact) mass is 240 g/mol. The van der Waals surface area contributed by atoms with Crippen molar-refractivity contribution in [2.45, 2.75) is 17.5 Å². The second kappa shape index (κ2) is 5.08. The number of hydrogen-bond donors (Lipinski definition) is 1. The Kier molecular flexibility index (Phi) is 4.04. The van der Waals surface area contributed by atoms with Crippen LogP contribution in [0.2, 0.25) is 4.71 Å². The average molecular weight is 240 g/mol. The first kappa shape index (κ1) is 10.3. The normalized spacial score (nSPS) is 12.4.